The lowest BCUT2D eigenvalue weighted by atomic mass is 9.78. The van der Waals surface area contributed by atoms with E-state index >= 15 is 0 Å². The van der Waals surface area contributed by atoms with Crippen LogP contribution in [0.2, 0.25) is 0 Å². The normalized spacial score (nSPS) is 16.7. The Bertz CT molecular complexity index is 1250. The van der Waals surface area contributed by atoms with Crippen LogP contribution in [0.3, 0.4) is 0 Å². The number of aromatic nitrogens is 2. The number of amides is 1. The lowest BCUT2D eigenvalue weighted by molar-refractivity contribution is -0.119. The standard InChI is InChI=1S/C27H30N4O4/c1-4-27(16-31(17-33)12-13-32)11-10-22-23(6-5-7-24(22)27)25-29-26(35-30-25)21-9-8-20(34-18(2)3)14-19(21)15-28/h5-9,14,17-18,32H,4,10-13,16H2,1-3H3. The van der Waals surface area contributed by atoms with Crippen molar-refractivity contribution >= 4 is 6.41 Å². The van der Waals surface area contributed by atoms with E-state index in [0.29, 0.717) is 35.8 Å². The van der Waals surface area contributed by atoms with Crippen molar-refractivity contribution < 1.29 is 19.2 Å². The maximum atomic E-state index is 11.6. The number of carbonyl (C=O) groups is 1. The van der Waals surface area contributed by atoms with Crippen LogP contribution in [0.15, 0.2) is 40.9 Å². The summed E-state index contributed by atoms with van der Waals surface area (Å²) in [5.41, 5.74) is 4.00. The maximum absolute atomic E-state index is 11.6. The lowest BCUT2D eigenvalue weighted by Gasteiger charge is -2.34. The molecule has 1 aliphatic rings. The van der Waals surface area contributed by atoms with Gasteiger partial charge in [0.1, 0.15) is 11.8 Å². The van der Waals surface area contributed by atoms with Gasteiger partial charge in [0.15, 0.2) is 0 Å². The fourth-order valence-electron chi connectivity index (χ4n) is 4.98. The lowest BCUT2D eigenvalue weighted by Crippen LogP contribution is -2.40. The Kier molecular flexibility index (Phi) is 7.17. The first-order valence-corrected chi connectivity index (χ1v) is 11.9. The number of carbonyl (C=O) groups excluding carboxylic acids is 1. The molecule has 1 N–H and O–H groups in total. The Hall–Kier alpha value is -3.70. The number of fused-ring (bicyclic) bond motifs is 1. The predicted octanol–water partition coefficient (Wildman–Crippen LogP) is 4.11. The Morgan fingerprint density at radius 3 is 2.83 bits per heavy atom. The van der Waals surface area contributed by atoms with Gasteiger partial charge in [-0.3, -0.25) is 4.79 Å². The number of hydrogen-bond donors (Lipinski definition) is 1. The molecule has 35 heavy (non-hydrogen) atoms. The van der Waals surface area contributed by atoms with E-state index in [9.17, 15) is 15.2 Å². The summed E-state index contributed by atoms with van der Waals surface area (Å²) in [5, 5.41) is 23.2. The summed E-state index contributed by atoms with van der Waals surface area (Å²) in [6, 6.07) is 13.5. The molecule has 1 amide bonds. The molecule has 0 fully saturated rings. The highest BCUT2D eigenvalue weighted by Crippen LogP contribution is 2.45. The minimum absolute atomic E-state index is 0.0000611. The van der Waals surface area contributed by atoms with E-state index in [-0.39, 0.29) is 24.0 Å². The quantitative estimate of drug-likeness (QED) is 0.440. The van der Waals surface area contributed by atoms with Crippen molar-refractivity contribution in [3.05, 3.63) is 53.1 Å². The van der Waals surface area contributed by atoms with Crippen LogP contribution in [0.4, 0.5) is 0 Å². The molecule has 0 bridgehead atoms. The van der Waals surface area contributed by atoms with Crippen molar-refractivity contribution in [1.82, 2.24) is 15.0 Å². The molecule has 4 rings (SSSR count). The first kappa shape index (κ1) is 24.4. The molecular formula is C27H30N4O4. The molecule has 182 valence electrons. The number of rotatable bonds is 10. The fraction of sp³-hybridized carbons (Fsp3) is 0.407. The molecular weight excluding hydrogens is 444 g/mol. The molecule has 1 aliphatic carbocycles. The predicted molar refractivity (Wildman–Crippen MR) is 131 cm³/mol. The van der Waals surface area contributed by atoms with Gasteiger partial charge in [-0.15, -0.1) is 0 Å². The summed E-state index contributed by atoms with van der Waals surface area (Å²) in [4.78, 5) is 17.8. The first-order valence-electron chi connectivity index (χ1n) is 11.9. The van der Waals surface area contributed by atoms with Gasteiger partial charge in [-0.1, -0.05) is 30.3 Å². The van der Waals surface area contributed by atoms with Crippen LogP contribution in [-0.2, 0) is 16.6 Å². The third-order valence-corrected chi connectivity index (χ3v) is 6.70. The minimum Gasteiger partial charge on any atom is -0.491 e. The van der Waals surface area contributed by atoms with Gasteiger partial charge in [0, 0.05) is 24.1 Å². The van der Waals surface area contributed by atoms with Gasteiger partial charge < -0.3 is 19.3 Å². The van der Waals surface area contributed by atoms with Crippen LogP contribution in [0.5, 0.6) is 5.75 Å². The van der Waals surface area contributed by atoms with Crippen LogP contribution >= 0.6 is 0 Å². The SMILES string of the molecule is CCC1(CN(C=O)CCO)CCc2c(-c3noc(-c4ccc(OC(C)C)cc4C#N)n3)cccc21. The molecule has 1 unspecified atom stereocenters. The molecule has 0 saturated heterocycles. The van der Waals surface area contributed by atoms with E-state index in [1.54, 1.807) is 23.1 Å². The number of aliphatic hydroxyl groups is 1. The second-order valence-corrected chi connectivity index (χ2v) is 9.17. The smallest absolute Gasteiger partial charge is 0.259 e. The van der Waals surface area contributed by atoms with E-state index in [0.717, 1.165) is 36.8 Å². The van der Waals surface area contributed by atoms with Crippen LogP contribution in [0.1, 0.15) is 50.3 Å². The maximum Gasteiger partial charge on any atom is 0.259 e. The van der Waals surface area contributed by atoms with Crippen LogP contribution < -0.4 is 4.74 Å². The van der Waals surface area contributed by atoms with Crippen molar-refractivity contribution in [2.75, 3.05) is 19.7 Å². The van der Waals surface area contributed by atoms with E-state index in [1.165, 1.54) is 5.56 Å². The van der Waals surface area contributed by atoms with Gasteiger partial charge in [-0.05, 0) is 62.4 Å². The molecule has 0 radical (unpaired) electrons. The average Bonchev–Trinajstić information content (AvgIpc) is 3.49. The van der Waals surface area contributed by atoms with E-state index in [1.807, 2.05) is 26.0 Å². The highest BCUT2D eigenvalue weighted by molar-refractivity contribution is 5.69. The van der Waals surface area contributed by atoms with E-state index < -0.39 is 0 Å². The van der Waals surface area contributed by atoms with Crippen molar-refractivity contribution in [3.63, 3.8) is 0 Å². The number of benzene rings is 2. The number of hydrogen-bond acceptors (Lipinski definition) is 7. The zero-order valence-corrected chi connectivity index (χ0v) is 20.3. The molecule has 8 nitrogen and oxygen atoms in total. The van der Waals surface area contributed by atoms with Gasteiger partial charge >= 0.3 is 0 Å². The summed E-state index contributed by atoms with van der Waals surface area (Å²) < 4.78 is 11.3. The Morgan fingerprint density at radius 1 is 1.31 bits per heavy atom. The van der Waals surface area contributed by atoms with Gasteiger partial charge in [-0.2, -0.15) is 10.2 Å². The van der Waals surface area contributed by atoms with Crippen molar-refractivity contribution in [2.45, 2.75) is 51.6 Å². The zero-order chi connectivity index (χ0) is 25.0. The number of ether oxygens (including phenoxy) is 1. The Morgan fingerprint density at radius 2 is 2.14 bits per heavy atom. The van der Waals surface area contributed by atoms with Crippen molar-refractivity contribution in [3.8, 4) is 34.7 Å². The molecule has 1 aromatic heterocycles. The number of nitriles is 1. The van der Waals surface area contributed by atoms with E-state index in [4.69, 9.17) is 9.26 Å². The summed E-state index contributed by atoms with van der Waals surface area (Å²) in [6.07, 6.45) is 3.41. The summed E-state index contributed by atoms with van der Waals surface area (Å²) >= 11 is 0. The summed E-state index contributed by atoms with van der Waals surface area (Å²) in [5.74, 6) is 1.36. The third-order valence-electron chi connectivity index (χ3n) is 6.70. The Labute approximate surface area is 205 Å². The first-order chi connectivity index (χ1) is 16.9. The molecule has 0 aliphatic heterocycles. The average molecular weight is 475 g/mol. The molecule has 0 spiro atoms. The minimum atomic E-state index is -0.186. The molecule has 1 heterocycles. The largest absolute Gasteiger partial charge is 0.491 e. The highest BCUT2D eigenvalue weighted by Gasteiger charge is 2.40. The van der Waals surface area contributed by atoms with E-state index in [2.05, 4.69) is 29.2 Å². The third kappa shape index (κ3) is 4.77. The van der Waals surface area contributed by atoms with Crippen LogP contribution in [0, 0.1) is 11.3 Å². The summed E-state index contributed by atoms with van der Waals surface area (Å²) in [6.45, 7) is 6.80. The number of nitrogens with zero attached hydrogens (tertiary/aromatic N) is 4. The second-order valence-electron chi connectivity index (χ2n) is 9.17. The molecule has 3 aromatic rings. The number of aliphatic hydroxyl groups excluding tert-OH is 1. The topological polar surface area (TPSA) is 112 Å². The van der Waals surface area contributed by atoms with Gasteiger partial charge in [0.05, 0.1) is 23.8 Å². The molecule has 1 atom stereocenters. The molecule has 0 saturated carbocycles. The van der Waals surface area contributed by atoms with Crippen molar-refractivity contribution in [2.24, 2.45) is 0 Å². The molecule has 8 heteroatoms. The van der Waals surface area contributed by atoms with Crippen LogP contribution in [0.25, 0.3) is 22.8 Å². The Balaban J connectivity index is 1.68. The highest BCUT2D eigenvalue weighted by atomic mass is 16.5. The van der Waals surface area contributed by atoms with Crippen LogP contribution in [-0.4, -0.2) is 52.4 Å². The second kappa shape index (κ2) is 10.3. The van der Waals surface area contributed by atoms with Gasteiger partial charge in [0.25, 0.3) is 5.89 Å². The van der Waals surface area contributed by atoms with Gasteiger partial charge in [0.2, 0.25) is 12.2 Å². The monoisotopic (exact) mass is 474 g/mol. The zero-order valence-electron chi connectivity index (χ0n) is 20.3. The van der Waals surface area contributed by atoms with Crippen molar-refractivity contribution in [1.29, 1.82) is 5.26 Å². The van der Waals surface area contributed by atoms with Gasteiger partial charge in [-0.25, -0.2) is 0 Å². The molecule has 2 aromatic carbocycles. The fourth-order valence-corrected chi connectivity index (χ4v) is 4.98. The summed E-state index contributed by atoms with van der Waals surface area (Å²) in [7, 11) is 0.